The van der Waals surface area contributed by atoms with Gasteiger partial charge in [-0.25, -0.2) is 4.39 Å². The molecular formula is C11H25FO6S2Si. The first-order valence-corrected chi connectivity index (χ1v) is 10.6. The summed E-state index contributed by atoms with van der Waals surface area (Å²) in [5.74, 6) is 0. The maximum absolute atomic E-state index is 13.9. The molecule has 0 aromatic rings. The van der Waals surface area contributed by atoms with Crippen LogP contribution in [0.2, 0.25) is 10.1 Å². The Morgan fingerprint density at radius 1 is 1.00 bits per heavy atom. The molecule has 0 amide bonds. The molecule has 0 rings (SSSR count). The Labute approximate surface area is 130 Å². The van der Waals surface area contributed by atoms with Gasteiger partial charge in [-0.05, 0) is 13.8 Å². The Kier molecular flexibility index (Phi) is 6.00. The summed E-state index contributed by atoms with van der Waals surface area (Å²) in [6.07, 6.45) is 0. The lowest BCUT2D eigenvalue weighted by Crippen LogP contribution is -2.59. The van der Waals surface area contributed by atoms with Gasteiger partial charge in [-0.1, -0.05) is 41.5 Å². The van der Waals surface area contributed by atoms with Gasteiger partial charge in [-0.3, -0.25) is 12.3 Å². The summed E-state index contributed by atoms with van der Waals surface area (Å²) in [5, 5.41) is -4.45. The van der Waals surface area contributed by atoms with Crippen LogP contribution in [0.3, 0.4) is 0 Å². The van der Waals surface area contributed by atoms with Crippen LogP contribution in [-0.4, -0.2) is 30.7 Å². The van der Waals surface area contributed by atoms with E-state index in [1.807, 2.05) is 0 Å². The van der Waals surface area contributed by atoms with Crippen molar-refractivity contribution in [1.82, 2.24) is 0 Å². The zero-order valence-electron chi connectivity index (χ0n) is 13.7. The van der Waals surface area contributed by atoms with E-state index >= 15 is 0 Å². The van der Waals surface area contributed by atoms with E-state index in [-0.39, 0.29) is 0 Å². The van der Waals surface area contributed by atoms with Gasteiger partial charge < -0.3 is 0 Å². The van der Waals surface area contributed by atoms with Crippen LogP contribution in [0.1, 0.15) is 55.4 Å². The lowest BCUT2D eigenvalue weighted by molar-refractivity contribution is 0.252. The summed E-state index contributed by atoms with van der Waals surface area (Å²) in [4.78, 5) is 0. The molecule has 1 N–H and O–H groups in total. The smallest absolute Gasteiger partial charge is 0.285 e. The second-order valence-electron chi connectivity index (χ2n) is 7.32. The SMILES string of the molecule is CC(C)(C)[Si](OS(=O)O)(OS(=O)(=O)C(C)(C)F)C(C)(C)C. The third kappa shape index (κ3) is 4.55. The summed E-state index contributed by atoms with van der Waals surface area (Å²) in [5.41, 5.74) is 0. The fourth-order valence-corrected chi connectivity index (χ4v) is 11.4. The summed E-state index contributed by atoms with van der Waals surface area (Å²) in [6.45, 7) is 11.5. The van der Waals surface area contributed by atoms with Gasteiger partial charge in [0.05, 0.1) is 0 Å². The minimum atomic E-state index is -4.64. The maximum atomic E-state index is 13.9. The highest BCUT2D eigenvalue weighted by Crippen LogP contribution is 2.53. The van der Waals surface area contributed by atoms with Crippen molar-refractivity contribution in [2.24, 2.45) is 0 Å². The number of rotatable bonds is 5. The molecule has 1 unspecified atom stereocenters. The van der Waals surface area contributed by atoms with Crippen LogP contribution in [0.5, 0.6) is 0 Å². The van der Waals surface area contributed by atoms with Crippen molar-refractivity contribution in [2.45, 2.75) is 70.5 Å². The molecule has 10 heteroatoms. The van der Waals surface area contributed by atoms with Gasteiger partial charge in [0.2, 0.25) is 5.00 Å². The van der Waals surface area contributed by atoms with Crippen LogP contribution in [-0.2, 0) is 29.2 Å². The lowest BCUT2D eigenvalue weighted by atomic mass is 10.2. The average Bonchev–Trinajstić information content (AvgIpc) is 2.09. The van der Waals surface area contributed by atoms with Crippen molar-refractivity contribution in [1.29, 1.82) is 0 Å². The average molecular weight is 365 g/mol. The molecule has 0 spiro atoms. The zero-order chi connectivity index (χ0) is 17.5. The molecule has 128 valence electrons. The Bertz CT molecular complexity index is 484. The first-order valence-electron chi connectivity index (χ1n) is 6.32. The fourth-order valence-electron chi connectivity index (χ4n) is 1.99. The molecule has 21 heavy (non-hydrogen) atoms. The molecule has 0 aliphatic rings. The summed E-state index contributed by atoms with van der Waals surface area (Å²) in [6, 6.07) is 0. The highest BCUT2D eigenvalue weighted by molar-refractivity contribution is 7.89. The van der Waals surface area contributed by atoms with E-state index in [1.54, 1.807) is 41.5 Å². The molecule has 0 bridgehead atoms. The highest BCUT2D eigenvalue weighted by atomic mass is 32.2. The third-order valence-electron chi connectivity index (χ3n) is 2.98. The van der Waals surface area contributed by atoms with Crippen molar-refractivity contribution < 1.29 is 29.3 Å². The Morgan fingerprint density at radius 3 is 1.52 bits per heavy atom. The standard InChI is InChI=1S/C11H25FO6S2Si/c1-9(2,3)21(10(4,5)6,17-19(13)14)18-20(15,16)11(7,8)12/h1-8H3,(H,13,14). The molecule has 0 aliphatic carbocycles. The van der Waals surface area contributed by atoms with Gasteiger partial charge in [0.25, 0.3) is 21.5 Å². The van der Waals surface area contributed by atoms with Gasteiger partial charge in [0.15, 0.2) is 0 Å². The molecule has 0 saturated heterocycles. The quantitative estimate of drug-likeness (QED) is 0.595. The first-order chi connectivity index (χ1) is 8.87. The minimum Gasteiger partial charge on any atom is -0.285 e. The molecule has 0 saturated carbocycles. The number of hydrogen-bond acceptors (Lipinski definition) is 5. The summed E-state index contributed by atoms with van der Waals surface area (Å²) >= 11 is -2.74. The first kappa shape index (κ1) is 21.1. The molecular weight excluding hydrogens is 339 g/mol. The van der Waals surface area contributed by atoms with Crippen molar-refractivity contribution in [2.75, 3.05) is 0 Å². The molecule has 1 atom stereocenters. The van der Waals surface area contributed by atoms with Gasteiger partial charge in [0, 0.05) is 10.1 Å². The van der Waals surface area contributed by atoms with Crippen molar-refractivity contribution in [3.63, 3.8) is 0 Å². The third-order valence-corrected chi connectivity index (χ3v) is 11.4. The zero-order valence-corrected chi connectivity index (χ0v) is 16.3. The molecule has 0 aliphatic heterocycles. The van der Waals surface area contributed by atoms with Gasteiger partial charge in [-0.2, -0.15) is 12.6 Å². The van der Waals surface area contributed by atoms with E-state index in [4.69, 9.17) is 12.3 Å². The van der Waals surface area contributed by atoms with E-state index in [0.717, 1.165) is 13.8 Å². The molecule has 0 aromatic carbocycles. The van der Waals surface area contributed by atoms with Crippen LogP contribution in [0, 0.1) is 0 Å². The Balaban J connectivity index is 6.25. The molecule has 0 radical (unpaired) electrons. The van der Waals surface area contributed by atoms with E-state index in [9.17, 15) is 17.0 Å². The topological polar surface area (TPSA) is 89.9 Å². The van der Waals surface area contributed by atoms with Crippen LogP contribution in [0.4, 0.5) is 4.39 Å². The predicted octanol–water partition coefficient (Wildman–Crippen LogP) is 3.23. The van der Waals surface area contributed by atoms with E-state index < -0.39 is 45.1 Å². The van der Waals surface area contributed by atoms with Crippen LogP contribution >= 0.6 is 0 Å². The van der Waals surface area contributed by atoms with Gasteiger partial charge in [-0.15, -0.1) is 0 Å². The van der Waals surface area contributed by atoms with Gasteiger partial charge in [0.1, 0.15) is 0 Å². The molecule has 0 heterocycles. The Morgan fingerprint density at radius 2 is 1.33 bits per heavy atom. The summed E-state index contributed by atoms with van der Waals surface area (Å²) in [7, 11) is -8.53. The van der Waals surface area contributed by atoms with E-state index in [1.165, 1.54) is 0 Å². The monoisotopic (exact) mass is 364 g/mol. The maximum Gasteiger partial charge on any atom is 0.385 e. The van der Waals surface area contributed by atoms with Crippen molar-refractivity contribution in [3.8, 4) is 0 Å². The van der Waals surface area contributed by atoms with E-state index in [2.05, 4.69) is 0 Å². The number of halogens is 1. The largest absolute Gasteiger partial charge is 0.385 e. The predicted molar refractivity (Wildman–Crippen MR) is 82.2 cm³/mol. The number of alkyl halides is 1. The normalized spacial score (nSPS) is 16.9. The fraction of sp³-hybridized carbons (Fsp3) is 1.00. The van der Waals surface area contributed by atoms with Crippen molar-refractivity contribution in [3.05, 3.63) is 0 Å². The van der Waals surface area contributed by atoms with Crippen LogP contribution in [0.15, 0.2) is 0 Å². The Hall–Kier alpha value is 0.127. The second kappa shape index (κ2) is 5.97. The molecule has 0 aromatic heterocycles. The van der Waals surface area contributed by atoms with Gasteiger partial charge >= 0.3 is 8.56 Å². The number of hydrogen-bond donors (Lipinski definition) is 1. The van der Waals surface area contributed by atoms with Crippen LogP contribution in [0.25, 0.3) is 0 Å². The summed E-state index contributed by atoms with van der Waals surface area (Å²) < 4.78 is 68.8. The molecule has 6 nitrogen and oxygen atoms in total. The molecule has 0 fully saturated rings. The second-order valence-corrected chi connectivity index (χ2v) is 15.2. The van der Waals surface area contributed by atoms with E-state index in [0.29, 0.717) is 0 Å². The highest BCUT2D eigenvalue weighted by Gasteiger charge is 2.64. The van der Waals surface area contributed by atoms with Crippen molar-refractivity contribution >= 4 is 30.0 Å². The minimum absolute atomic E-state index is 0.850. The lowest BCUT2D eigenvalue weighted by Gasteiger charge is -2.46. The van der Waals surface area contributed by atoms with Crippen LogP contribution < -0.4 is 0 Å².